The van der Waals surface area contributed by atoms with Crippen LogP contribution in [0, 0.1) is 0 Å². The number of hydrogen-bond acceptors (Lipinski definition) is 5. The maximum absolute atomic E-state index is 12.9. The summed E-state index contributed by atoms with van der Waals surface area (Å²) in [5.41, 5.74) is 3.77. The van der Waals surface area contributed by atoms with Crippen LogP contribution in [0.25, 0.3) is 0 Å². The lowest BCUT2D eigenvalue weighted by atomic mass is 10.1. The standard InChI is InChI=1S/C25H23N3O4/c1-16(28-22-14-20(17(2)29)5-8-23(22)32-15-24(28)30)25(31)27-21-6-3-18(4-7-21)13-19-9-11-26-12-10-19/h3-12,14,16H,13,15H2,1-2H3,(H,27,31). The molecule has 162 valence electrons. The van der Waals surface area contributed by atoms with E-state index in [-0.39, 0.29) is 24.2 Å². The molecule has 0 saturated heterocycles. The van der Waals surface area contributed by atoms with Crippen molar-refractivity contribution in [1.82, 2.24) is 4.98 Å². The van der Waals surface area contributed by atoms with E-state index in [0.717, 1.165) is 17.5 Å². The highest BCUT2D eigenvalue weighted by atomic mass is 16.5. The number of anilines is 2. The van der Waals surface area contributed by atoms with E-state index < -0.39 is 6.04 Å². The summed E-state index contributed by atoms with van der Waals surface area (Å²) in [5, 5.41) is 2.87. The fraction of sp³-hybridized carbons (Fsp3) is 0.200. The first-order chi connectivity index (χ1) is 15.4. The third kappa shape index (κ3) is 4.51. The Hall–Kier alpha value is -4.00. The molecule has 2 amide bonds. The number of carbonyl (C=O) groups is 3. The number of ether oxygens (including phenoxy) is 1. The lowest BCUT2D eigenvalue weighted by molar-refractivity contribution is -0.125. The summed E-state index contributed by atoms with van der Waals surface area (Å²) < 4.78 is 5.47. The summed E-state index contributed by atoms with van der Waals surface area (Å²) in [4.78, 5) is 42.7. The molecule has 1 N–H and O–H groups in total. The summed E-state index contributed by atoms with van der Waals surface area (Å²) in [6, 6.07) is 15.6. The van der Waals surface area contributed by atoms with Gasteiger partial charge in [0.15, 0.2) is 12.4 Å². The summed E-state index contributed by atoms with van der Waals surface area (Å²) >= 11 is 0. The third-order valence-electron chi connectivity index (χ3n) is 5.39. The number of pyridine rings is 1. The van der Waals surface area contributed by atoms with Gasteiger partial charge in [0.1, 0.15) is 11.8 Å². The van der Waals surface area contributed by atoms with Crippen LogP contribution in [0.3, 0.4) is 0 Å². The summed E-state index contributed by atoms with van der Waals surface area (Å²) in [6.07, 6.45) is 4.29. The van der Waals surface area contributed by atoms with Crippen molar-refractivity contribution in [3.05, 3.63) is 83.7 Å². The molecule has 0 bridgehead atoms. The number of carbonyl (C=O) groups excluding carboxylic acids is 3. The summed E-state index contributed by atoms with van der Waals surface area (Å²) in [7, 11) is 0. The lowest BCUT2D eigenvalue weighted by Gasteiger charge is -2.33. The highest BCUT2D eigenvalue weighted by molar-refractivity contribution is 6.07. The second kappa shape index (κ2) is 9.01. The predicted octanol–water partition coefficient (Wildman–Crippen LogP) is 3.63. The van der Waals surface area contributed by atoms with Gasteiger partial charge in [-0.25, -0.2) is 0 Å². The number of Topliss-reactive ketones (excluding diaryl/α,β-unsaturated/α-hetero) is 1. The Balaban J connectivity index is 1.49. The summed E-state index contributed by atoms with van der Waals surface area (Å²) in [6.45, 7) is 2.94. The third-order valence-corrected chi connectivity index (χ3v) is 5.39. The van der Waals surface area contributed by atoms with Gasteiger partial charge in [-0.15, -0.1) is 0 Å². The van der Waals surface area contributed by atoms with Crippen LogP contribution in [0.2, 0.25) is 0 Å². The van der Waals surface area contributed by atoms with Gasteiger partial charge >= 0.3 is 0 Å². The molecular weight excluding hydrogens is 406 g/mol. The van der Waals surface area contributed by atoms with Crippen molar-refractivity contribution in [2.75, 3.05) is 16.8 Å². The molecule has 0 aliphatic carbocycles. The zero-order valence-electron chi connectivity index (χ0n) is 17.9. The quantitative estimate of drug-likeness (QED) is 0.605. The zero-order chi connectivity index (χ0) is 22.7. The second-order valence-electron chi connectivity index (χ2n) is 7.69. The smallest absolute Gasteiger partial charge is 0.265 e. The highest BCUT2D eigenvalue weighted by Crippen LogP contribution is 2.34. The van der Waals surface area contributed by atoms with Crippen LogP contribution in [0.5, 0.6) is 5.75 Å². The van der Waals surface area contributed by atoms with Crippen LogP contribution in [0.15, 0.2) is 67.0 Å². The SMILES string of the molecule is CC(=O)c1ccc2c(c1)N(C(C)C(=O)Nc1ccc(Cc3ccncc3)cc1)C(=O)CO2. The molecule has 0 radical (unpaired) electrons. The molecule has 7 nitrogen and oxygen atoms in total. The van der Waals surface area contributed by atoms with E-state index in [9.17, 15) is 14.4 Å². The van der Waals surface area contributed by atoms with Gasteiger partial charge in [-0.2, -0.15) is 0 Å². The van der Waals surface area contributed by atoms with E-state index in [1.807, 2.05) is 36.4 Å². The zero-order valence-corrected chi connectivity index (χ0v) is 17.9. The van der Waals surface area contributed by atoms with Crippen molar-refractivity contribution in [3.63, 3.8) is 0 Å². The van der Waals surface area contributed by atoms with Gasteiger partial charge in [0.05, 0.1) is 5.69 Å². The molecule has 0 saturated carbocycles. The Morgan fingerprint density at radius 1 is 1.06 bits per heavy atom. The molecule has 1 unspecified atom stereocenters. The second-order valence-corrected chi connectivity index (χ2v) is 7.69. The Labute approximate surface area is 186 Å². The van der Waals surface area contributed by atoms with Gasteiger partial charge in [-0.1, -0.05) is 12.1 Å². The number of nitrogens with zero attached hydrogens (tertiary/aromatic N) is 2. The van der Waals surface area contributed by atoms with Crippen LogP contribution < -0.4 is 15.0 Å². The Kier molecular flexibility index (Phi) is 5.98. The van der Waals surface area contributed by atoms with Crippen LogP contribution in [-0.4, -0.2) is 35.2 Å². The summed E-state index contributed by atoms with van der Waals surface area (Å²) in [5.74, 6) is -0.334. The van der Waals surface area contributed by atoms with E-state index in [4.69, 9.17) is 4.74 Å². The first-order valence-electron chi connectivity index (χ1n) is 10.3. The Morgan fingerprint density at radius 3 is 2.44 bits per heavy atom. The largest absolute Gasteiger partial charge is 0.482 e. The minimum atomic E-state index is -0.788. The van der Waals surface area contributed by atoms with Crippen molar-refractivity contribution in [3.8, 4) is 5.75 Å². The fourth-order valence-electron chi connectivity index (χ4n) is 3.62. The average molecular weight is 429 g/mol. The van der Waals surface area contributed by atoms with Crippen molar-refractivity contribution in [1.29, 1.82) is 0 Å². The molecule has 1 aliphatic heterocycles. The van der Waals surface area contributed by atoms with E-state index in [2.05, 4.69) is 10.3 Å². The fourth-order valence-corrected chi connectivity index (χ4v) is 3.62. The normalized spacial score (nSPS) is 13.7. The van der Waals surface area contributed by atoms with Gasteiger partial charge < -0.3 is 10.1 Å². The molecular formula is C25H23N3O4. The van der Waals surface area contributed by atoms with Crippen molar-refractivity contribution >= 4 is 29.0 Å². The molecule has 1 atom stereocenters. The molecule has 32 heavy (non-hydrogen) atoms. The topological polar surface area (TPSA) is 88.6 Å². The molecule has 4 rings (SSSR count). The van der Waals surface area contributed by atoms with Crippen molar-refractivity contribution in [2.45, 2.75) is 26.3 Å². The number of aromatic nitrogens is 1. The number of benzene rings is 2. The number of rotatable bonds is 6. The van der Waals surface area contributed by atoms with E-state index in [1.54, 1.807) is 37.5 Å². The first-order valence-corrected chi connectivity index (χ1v) is 10.3. The van der Waals surface area contributed by atoms with Gasteiger partial charge in [-0.05, 0) is 73.9 Å². The van der Waals surface area contributed by atoms with Gasteiger partial charge in [0, 0.05) is 23.6 Å². The highest BCUT2D eigenvalue weighted by Gasteiger charge is 2.33. The van der Waals surface area contributed by atoms with Crippen molar-refractivity contribution in [2.24, 2.45) is 0 Å². The maximum atomic E-state index is 12.9. The molecule has 0 spiro atoms. The Morgan fingerprint density at radius 2 is 1.75 bits per heavy atom. The maximum Gasteiger partial charge on any atom is 0.265 e. The molecule has 3 aromatic rings. The van der Waals surface area contributed by atoms with Gasteiger partial charge in [0.25, 0.3) is 5.91 Å². The average Bonchev–Trinajstić information content (AvgIpc) is 2.80. The molecule has 0 fully saturated rings. The van der Waals surface area contributed by atoms with E-state index in [0.29, 0.717) is 22.7 Å². The first kappa shape index (κ1) is 21.2. The van der Waals surface area contributed by atoms with E-state index in [1.165, 1.54) is 11.8 Å². The number of ketones is 1. The molecule has 2 aromatic carbocycles. The van der Waals surface area contributed by atoms with Gasteiger partial charge in [-0.3, -0.25) is 24.3 Å². The Bertz CT molecular complexity index is 1160. The molecule has 7 heteroatoms. The number of nitrogens with one attached hydrogen (secondary N) is 1. The minimum absolute atomic E-state index is 0.130. The van der Waals surface area contributed by atoms with Crippen LogP contribution in [0.4, 0.5) is 11.4 Å². The number of hydrogen-bond donors (Lipinski definition) is 1. The van der Waals surface area contributed by atoms with Crippen LogP contribution >= 0.6 is 0 Å². The predicted molar refractivity (Wildman–Crippen MR) is 121 cm³/mol. The van der Waals surface area contributed by atoms with Crippen molar-refractivity contribution < 1.29 is 19.1 Å². The molecule has 1 aliphatic rings. The monoisotopic (exact) mass is 429 g/mol. The molecule has 1 aromatic heterocycles. The van der Waals surface area contributed by atoms with Gasteiger partial charge in [0.2, 0.25) is 5.91 Å². The number of fused-ring (bicyclic) bond motifs is 1. The lowest BCUT2D eigenvalue weighted by Crippen LogP contribution is -2.49. The van der Waals surface area contributed by atoms with Crippen LogP contribution in [-0.2, 0) is 16.0 Å². The molecule has 2 heterocycles. The van der Waals surface area contributed by atoms with E-state index >= 15 is 0 Å². The van der Waals surface area contributed by atoms with Crippen LogP contribution in [0.1, 0.15) is 35.3 Å². The minimum Gasteiger partial charge on any atom is -0.482 e. The number of amides is 2.